The highest BCUT2D eigenvalue weighted by molar-refractivity contribution is 7.10. The summed E-state index contributed by atoms with van der Waals surface area (Å²) in [5.74, 6) is 0.0115. The molecule has 0 saturated carbocycles. The van der Waals surface area contributed by atoms with Crippen molar-refractivity contribution >= 4 is 17.2 Å². The minimum Gasteiger partial charge on any atom is -0.343 e. The predicted molar refractivity (Wildman–Crippen MR) is 122 cm³/mol. The first kappa shape index (κ1) is 20.8. The maximum absolute atomic E-state index is 12.7. The molecule has 2 heterocycles. The number of benzene rings is 2. The van der Waals surface area contributed by atoms with Crippen molar-refractivity contribution in [3.8, 4) is 0 Å². The summed E-state index contributed by atoms with van der Waals surface area (Å²) in [6, 6.07) is 25.0. The molecule has 2 aromatic carbocycles. The largest absolute Gasteiger partial charge is 0.343 e. The Hall–Kier alpha value is -2.47. The molecule has 4 rings (SSSR count). The molecule has 1 fully saturated rings. The lowest BCUT2D eigenvalue weighted by Gasteiger charge is -2.37. The van der Waals surface area contributed by atoms with E-state index in [0.29, 0.717) is 0 Å². The van der Waals surface area contributed by atoms with Gasteiger partial charge in [0.1, 0.15) is 38.8 Å². The van der Waals surface area contributed by atoms with Gasteiger partial charge in [0, 0.05) is 11.1 Å². The van der Waals surface area contributed by atoms with E-state index < -0.39 is 0 Å². The number of thiophene rings is 1. The lowest BCUT2D eigenvalue weighted by molar-refractivity contribution is -1.03. The number of hydrogen-bond donors (Lipinski definition) is 3. The first-order valence-corrected chi connectivity index (χ1v) is 11.7. The topological polar surface area (TPSA) is 38.0 Å². The summed E-state index contributed by atoms with van der Waals surface area (Å²) >= 11 is 1.80. The Kier molecular flexibility index (Phi) is 6.95. The number of nitrogens with one attached hydrogen (secondary N) is 3. The Morgan fingerprint density at radius 2 is 1.60 bits per heavy atom. The van der Waals surface area contributed by atoms with Gasteiger partial charge >= 0.3 is 0 Å². The minimum absolute atomic E-state index is 0.0115. The first-order chi connectivity index (χ1) is 14.7. The van der Waals surface area contributed by atoms with Crippen molar-refractivity contribution in [1.82, 2.24) is 5.32 Å². The van der Waals surface area contributed by atoms with Crippen molar-refractivity contribution in [2.24, 2.45) is 0 Å². The van der Waals surface area contributed by atoms with Crippen LogP contribution in [0.1, 0.15) is 33.8 Å². The molecule has 2 atom stereocenters. The molecule has 156 valence electrons. The average Bonchev–Trinajstić information content (AvgIpc) is 3.31. The molecule has 1 amide bonds. The zero-order valence-corrected chi connectivity index (χ0v) is 18.3. The van der Waals surface area contributed by atoms with Crippen LogP contribution in [0.25, 0.3) is 0 Å². The molecule has 4 nitrogen and oxygen atoms in total. The summed E-state index contributed by atoms with van der Waals surface area (Å²) in [6.07, 6.45) is 0. The smallest absolute Gasteiger partial charge is 0.251 e. The summed E-state index contributed by atoms with van der Waals surface area (Å²) < 4.78 is 0. The van der Waals surface area contributed by atoms with Gasteiger partial charge in [-0.3, -0.25) is 4.79 Å². The Labute approximate surface area is 183 Å². The van der Waals surface area contributed by atoms with E-state index in [4.69, 9.17) is 0 Å². The number of piperazine rings is 1. The van der Waals surface area contributed by atoms with Gasteiger partial charge in [-0.2, -0.15) is 0 Å². The third-order valence-corrected chi connectivity index (χ3v) is 7.04. The second kappa shape index (κ2) is 10.0. The molecule has 30 heavy (non-hydrogen) atoms. The fourth-order valence-electron chi connectivity index (χ4n) is 4.53. The zero-order valence-electron chi connectivity index (χ0n) is 17.5. The molecular formula is C25H31N3OS+2. The van der Waals surface area contributed by atoms with Crippen LogP contribution in [-0.4, -0.2) is 38.1 Å². The maximum Gasteiger partial charge on any atom is 0.251 e. The third-order valence-electron chi connectivity index (χ3n) is 6.08. The van der Waals surface area contributed by atoms with Crippen LogP contribution in [0.2, 0.25) is 0 Å². The van der Waals surface area contributed by atoms with Crippen molar-refractivity contribution in [3.05, 3.63) is 94.2 Å². The van der Waals surface area contributed by atoms with Crippen LogP contribution in [0.3, 0.4) is 0 Å². The van der Waals surface area contributed by atoms with Crippen LogP contribution in [0.5, 0.6) is 0 Å². The number of quaternary nitrogens is 2. The van der Waals surface area contributed by atoms with E-state index in [0.717, 1.165) is 38.3 Å². The highest BCUT2D eigenvalue weighted by atomic mass is 32.1. The van der Waals surface area contributed by atoms with Gasteiger partial charge in [0.2, 0.25) is 0 Å². The molecule has 0 radical (unpaired) electrons. The third kappa shape index (κ3) is 5.17. The highest BCUT2D eigenvalue weighted by Gasteiger charge is 2.35. The van der Waals surface area contributed by atoms with Crippen LogP contribution in [0, 0.1) is 0 Å². The van der Waals surface area contributed by atoms with Crippen LogP contribution in [-0.2, 0) is 6.54 Å². The quantitative estimate of drug-likeness (QED) is 0.533. The van der Waals surface area contributed by atoms with Crippen LogP contribution < -0.4 is 15.1 Å². The van der Waals surface area contributed by atoms with Gasteiger partial charge in [0.25, 0.3) is 5.91 Å². The number of rotatable bonds is 7. The number of carbonyl (C=O) groups is 1. The summed E-state index contributed by atoms with van der Waals surface area (Å²) in [5.41, 5.74) is 2.13. The second-order valence-electron chi connectivity index (χ2n) is 8.19. The van der Waals surface area contributed by atoms with E-state index in [1.54, 1.807) is 21.1 Å². The van der Waals surface area contributed by atoms with Crippen LogP contribution in [0.4, 0.5) is 0 Å². The lowest BCUT2D eigenvalue weighted by atomic mass is 10.0. The number of amides is 1. The summed E-state index contributed by atoms with van der Waals surface area (Å²) in [5, 5.41) is 5.42. The fourth-order valence-corrected chi connectivity index (χ4v) is 5.52. The molecule has 1 aromatic heterocycles. The van der Waals surface area contributed by atoms with Crippen molar-refractivity contribution in [2.45, 2.75) is 25.6 Å². The summed E-state index contributed by atoms with van der Waals surface area (Å²) in [6.45, 7) is 7.81. The van der Waals surface area contributed by atoms with E-state index in [1.165, 1.54) is 10.4 Å². The SMILES string of the molecule is C[C@H](NC(=O)c1ccccc1)[C@H](c1cccs1)[NH+]1CC[NH+](Cc2ccccc2)CC1. The maximum atomic E-state index is 12.7. The van der Waals surface area contributed by atoms with E-state index in [1.807, 2.05) is 30.3 Å². The molecule has 0 unspecified atom stereocenters. The molecule has 3 N–H and O–H groups in total. The molecule has 5 heteroatoms. The predicted octanol–water partition coefficient (Wildman–Crippen LogP) is 1.59. The van der Waals surface area contributed by atoms with E-state index >= 15 is 0 Å². The van der Waals surface area contributed by atoms with Crippen LogP contribution >= 0.6 is 11.3 Å². The van der Waals surface area contributed by atoms with Crippen molar-refractivity contribution in [1.29, 1.82) is 0 Å². The van der Waals surface area contributed by atoms with Gasteiger partial charge in [-0.25, -0.2) is 0 Å². The monoisotopic (exact) mass is 421 g/mol. The molecule has 1 aliphatic heterocycles. The van der Waals surface area contributed by atoms with Gasteiger partial charge in [-0.1, -0.05) is 54.6 Å². The summed E-state index contributed by atoms with van der Waals surface area (Å²) in [7, 11) is 0. The average molecular weight is 422 g/mol. The normalized spacial score (nSPS) is 21.0. The molecular weight excluding hydrogens is 390 g/mol. The molecule has 1 saturated heterocycles. The Balaban J connectivity index is 1.41. The molecule has 3 aromatic rings. The van der Waals surface area contributed by atoms with Crippen molar-refractivity contribution < 1.29 is 14.6 Å². The Morgan fingerprint density at radius 1 is 0.933 bits per heavy atom. The van der Waals surface area contributed by atoms with Crippen molar-refractivity contribution in [3.63, 3.8) is 0 Å². The standard InChI is InChI=1S/C25H29N3OS/c1-20(26-25(29)22-11-6-3-7-12-22)24(23-13-8-18-30-23)28-16-14-27(15-17-28)19-21-9-4-2-5-10-21/h2-13,18,20,24H,14-17,19H2,1H3,(H,26,29)/p+2/t20-,24+/m0/s1. The van der Waals surface area contributed by atoms with E-state index in [2.05, 4.69) is 60.1 Å². The van der Waals surface area contributed by atoms with Gasteiger partial charge in [-0.15, -0.1) is 11.3 Å². The summed E-state index contributed by atoms with van der Waals surface area (Å²) in [4.78, 5) is 17.3. The molecule has 1 aliphatic rings. The number of hydrogen-bond acceptors (Lipinski definition) is 2. The Morgan fingerprint density at radius 3 is 2.23 bits per heavy atom. The Bertz CT molecular complexity index is 906. The first-order valence-electron chi connectivity index (χ1n) is 10.8. The van der Waals surface area contributed by atoms with E-state index in [9.17, 15) is 4.79 Å². The highest BCUT2D eigenvalue weighted by Crippen LogP contribution is 2.20. The van der Waals surface area contributed by atoms with Gasteiger partial charge in [0.05, 0.1) is 10.9 Å². The second-order valence-corrected chi connectivity index (χ2v) is 9.17. The minimum atomic E-state index is 0.0115. The number of carbonyl (C=O) groups excluding carboxylic acids is 1. The molecule has 0 bridgehead atoms. The van der Waals surface area contributed by atoms with E-state index in [-0.39, 0.29) is 18.0 Å². The lowest BCUT2D eigenvalue weighted by Crippen LogP contribution is -3.28. The zero-order chi connectivity index (χ0) is 20.8. The van der Waals surface area contributed by atoms with Crippen molar-refractivity contribution in [2.75, 3.05) is 26.2 Å². The van der Waals surface area contributed by atoms with Crippen LogP contribution in [0.15, 0.2) is 78.2 Å². The molecule has 0 spiro atoms. The fraction of sp³-hybridized carbons (Fsp3) is 0.320. The van der Waals surface area contributed by atoms with Gasteiger partial charge in [-0.05, 0) is 30.5 Å². The molecule has 0 aliphatic carbocycles. The van der Waals surface area contributed by atoms with Gasteiger partial charge < -0.3 is 15.1 Å². The van der Waals surface area contributed by atoms with Gasteiger partial charge in [0.15, 0.2) is 0 Å².